The maximum atomic E-state index is 8.80. The molecule has 2 heteroatoms. The van der Waals surface area contributed by atoms with Crippen LogP contribution in [0.4, 0.5) is 11.4 Å². The molecule has 1 nitrogen and oxygen atoms in total. The average molecular weight is 485 g/mol. The van der Waals surface area contributed by atoms with Crippen molar-refractivity contribution in [1.29, 1.82) is 0 Å². The van der Waals surface area contributed by atoms with Crippen LogP contribution in [-0.2, 0) is 0 Å². The molecule has 6 rings (SSSR count). The molecule has 0 heterocycles. The lowest BCUT2D eigenvalue weighted by atomic mass is 10.1. The number of anilines is 2. The summed E-state index contributed by atoms with van der Waals surface area (Å²) in [6.45, 7) is 0. The third kappa shape index (κ3) is 4.02. The lowest BCUT2D eigenvalue weighted by Gasteiger charge is -2.34. The smallest absolute Gasteiger partial charge is 0.179 e. The number of fused-ring (bicyclic) bond motifs is 1. The first-order valence-corrected chi connectivity index (χ1v) is 13.8. The second-order valence-electron chi connectivity index (χ2n) is 8.55. The maximum absolute atomic E-state index is 8.80. The molecule has 0 saturated heterocycles. The van der Waals surface area contributed by atoms with E-state index in [0.29, 0.717) is 5.69 Å². The van der Waals surface area contributed by atoms with Gasteiger partial charge in [0.1, 0.15) is 0 Å². The minimum absolute atomic E-state index is 0.0213. The number of benzene rings is 6. The first kappa shape index (κ1) is 15.6. The molecular weight excluding hydrogens is 450 g/mol. The molecule has 1 N–H and O–H groups in total. The predicted molar refractivity (Wildman–Crippen MR) is 157 cm³/mol. The topological polar surface area (TPSA) is 12.0 Å². The summed E-state index contributed by atoms with van der Waals surface area (Å²) in [7, 11) is -2.72. The molecule has 0 amide bonds. The summed E-state index contributed by atoms with van der Waals surface area (Å²) in [5.74, 6) is 0. The summed E-state index contributed by atoms with van der Waals surface area (Å²) in [6, 6.07) is 36.9. The number of hydrogen-bond donors (Lipinski definition) is 1. The Morgan fingerprint density at radius 3 is 1.44 bits per heavy atom. The van der Waals surface area contributed by atoms with Gasteiger partial charge in [0.05, 0.1) is 9.60 Å². The highest BCUT2D eigenvalue weighted by atomic mass is 28.3. The third-order valence-electron chi connectivity index (χ3n) is 6.46. The molecule has 0 atom stereocenters. The normalized spacial score (nSPS) is 14.1. The monoisotopic (exact) mass is 484 g/mol. The molecule has 0 fully saturated rings. The second-order valence-corrected chi connectivity index (χ2v) is 12.4. The van der Waals surface area contributed by atoms with Crippen LogP contribution in [-0.4, -0.2) is 8.07 Å². The molecule has 172 valence electrons. The van der Waals surface area contributed by atoms with Gasteiger partial charge in [-0.25, -0.2) is 0 Å². The summed E-state index contributed by atoms with van der Waals surface area (Å²) in [5.41, 5.74) is 0.621. The maximum Gasteiger partial charge on any atom is 0.179 e. The van der Waals surface area contributed by atoms with Crippen LogP contribution in [0, 0.1) is 0 Å². The zero-order valence-corrected chi connectivity index (χ0v) is 20.5. The van der Waals surface area contributed by atoms with Crippen molar-refractivity contribution in [2.75, 3.05) is 5.32 Å². The highest BCUT2D eigenvalue weighted by molar-refractivity contribution is 7.19. The van der Waals surface area contributed by atoms with E-state index < -0.39 is 32.2 Å². The van der Waals surface area contributed by atoms with Gasteiger partial charge in [-0.2, -0.15) is 0 Å². The van der Waals surface area contributed by atoms with Gasteiger partial charge >= 0.3 is 0 Å². The van der Waals surface area contributed by atoms with E-state index in [1.165, 1.54) is 15.6 Å². The fourth-order valence-electron chi connectivity index (χ4n) is 4.86. The Labute approximate surface area is 223 Å². The van der Waals surface area contributed by atoms with Crippen molar-refractivity contribution in [3.8, 4) is 0 Å². The van der Waals surface area contributed by atoms with Crippen molar-refractivity contribution in [3.63, 3.8) is 0 Å². The van der Waals surface area contributed by atoms with Crippen LogP contribution in [0.5, 0.6) is 0 Å². The van der Waals surface area contributed by atoms with E-state index in [0.717, 1.165) is 5.19 Å². The molecule has 0 unspecified atom stereocenters. The zero-order valence-electron chi connectivity index (χ0n) is 26.5. The van der Waals surface area contributed by atoms with Crippen LogP contribution in [0.1, 0.15) is 9.60 Å². The molecule has 6 aromatic carbocycles. The second kappa shape index (κ2) is 9.69. The van der Waals surface area contributed by atoms with Crippen LogP contribution < -0.4 is 26.1 Å². The van der Waals surface area contributed by atoms with Crippen LogP contribution in [0.25, 0.3) is 10.8 Å². The van der Waals surface area contributed by atoms with Gasteiger partial charge in [-0.05, 0) is 55.7 Å². The molecule has 0 aliphatic heterocycles. The standard InChI is InChI=1S/C34H27NSi/c1-4-14-31(15-5-1)36(32-16-6-2-7-17-32,33-18-8-3-9-19-33)34-24-22-29(23-25-34)35-30-21-20-27-12-10-11-13-28(27)26-30/h1-26,35H/i10D,11D,12D,13D,20D,21D,26D. The molecule has 0 spiro atoms. The van der Waals surface area contributed by atoms with Crippen molar-refractivity contribution in [1.82, 2.24) is 0 Å². The van der Waals surface area contributed by atoms with Crippen LogP contribution in [0.2, 0.25) is 0 Å². The summed E-state index contributed by atoms with van der Waals surface area (Å²) >= 11 is 0. The van der Waals surface area contributed by atoms with Gasteiger partial charge in [0.15, 0.2) is 8.07 Å². The molecule has 0 bridgehead atoms. The van der Waals surface area contributed by atoms with Gasteiger partial charge in [0.2, 0.25) is 0 Å². The number of hydrogen-bond acceptors (Lipinski definition) is 1. The Morgan fingerprint density at radius 1 is 0.444 bits per heavy atom. The van der Waals surface area contributed by atoms with Crippen molar-refractivity contribution in [2.24, 2.45) is 0 Å². The summed E-state index contributed by atoms with van der Waals surface area (Å²) in [6.07, 6.45) is 0. The first-order chi connectivity index (χ1) is 20.8. The van der Waals surface area contributed by atoms with E-state index in [9.17, 15) is 0 Å². The fraction of sp³-hybridized carbons (Fsp3) is 0. The summed E-state index contributed by atoms with van der Waals surface area (Å²) in [5, 5.41) is 7.77. The van der Waals surface area contributed by atoms with E-state index >= 15 is 0 Å². The van der Waals surface area contributed by atoms with Crippen LogP contribution in [0.3, 0.4) is 0 Å². The Kier molecular flexibility index (Phi) is 4.19. The van der Waals surface area contributed by atoms with Crippen molar-refractivity contribution < 1.29 is 9.60 Å². The molecule has 6 aromatic rings. The van der Waals surface area contributed by atoms with E-state index in [4.69, 9.17) is 9.60 Å². The van der Waals surface area contributed by atoms with E-state index in [-0.39, 0.29) is 34.6 Å². The Morgan fingerprint density at radius 2 is 0.917 bits per heavy atom. The summed E-state index contributed by atoms with van der Waals surface area (Å²) in [4.78, 5) is 0. The van der Waals surface area contributed by atoms with Gasteiger partial charge in [0, 0.05) is 11.4 Å². The molecule has 0 aromatic heterocycles. The molecular formula is C34H27NSi. The molecule has 0 saturated carbocycles. The largest absolute Gasteiger partial charge is 0.356 e. The quantitative estimate of drug-likeness (QED) is 0.227. The fourth-order valence-corrected chi connectivity index (χ4v) is 9.60. The Bertz CT molecular complexity index is 1850. The molecule has 0 aliphatic rings. The minimum atomic E-state index is -2.72. The van der Waals surface area contributed by atoms with E-state index in [1.807, 2.05) is 30.3 Å². The Balaban J connectivity index is 1.51. The van der Waals surface area contributed by atoms with Gasteiger partial charge in [-0.3, -0.25) is 0 Å². The van der Waals surface area contributed by atoms with Crippen molar-refractivity contribution in [2.45, 2.75) is 0 Å². The number of nitrogens with one attached hydrogen (secondary N) is 1. The highest BCUT2D eigenvalue weighted by Gasteiger charge is 2.41. The van der Waals surface area contributed by atoms with Crippen molar-refractivity contribution in [3.05, 3.63) is 158 Å². The highest BCUT2D eigenvalue weighted by Crippen LogP contribution is 2.22. The van der Waals surface area contributed by atoms with Crippen LogP contribution >= 0.6 is 0 Å². The Hall–Kier alpha value is -4.40. The van der Waals surface area contributed by atoms with Gasteiger partial charge in [0.25, 0.3) is 0 Å². The average Bonchev–Trinajstić information content (AvgIpc) is 3.05. The first-order valence-electron chi connectivity index (χ1n) is 15.3. The van der Waals surface area contributed by atoms with Crippen LogP contribution in [0.15, 0.2) is 158 Å². The lowest BCUT2D eigenvalue weighted by Crippen LogP contribution is -2.74. The third-order valence-corrected chi connectivity index (χ3v) is 11.3. The van der Waals surface area contributed by atoms with Gasteiger partial charge in [-0.15, -0.1) is 0 Å². The molecule has 36 heavy (non-hydrogen) atoms. The van der Waals surface area contributed by atoms with Gasteiger partial charge in [-0.1, -0.05) is 133 Å². The van der Waals surface area contributed by atoms with E-state index in [2.05, 4.69) is 90.2 Å². The van der Waals surface area contributed by atoms with Crippen molar-refractivity contribution >= 4 is 51.0 Å². The lowest BCUT2D eigenvalue weighted by molar-refractivity contribution is 1.57. The van der Waals surface area contributed by atoms with E-state index in [1.54, 1.807) is 0 Å². The molecule has 0 radical (unpaired) electrons. The van der Waals surface area contributed by atoms with Gasteiger partial charge < -0.3 is 5.32 Å². The number of rotatable bonds is 6. The minimum Gasteiger partial charge on any atom is -0.356 e. The zero-order chi connectivity index (χ0) is 30.3. The SMILES string of the molecule is [2H]c1c([2H])c([2H])c2c([2H])c(Nc3ccc([Si](c4ccccc4)(c4ccccc4)c4ccccc4)cc3)c([2H])c([2H])c2c1[2H]. The molecule has 0 aliphatic carbocycles. The summed E-state index contributed by atoms with van der Waals surface area (Å²) < 4.78 is 58.6. The predicted octanol–water partition coefficient (Wildman–Crippen LogP) is 5.96.